The normalized spacial score (nSPS) is 12.0. The summed E-state index contributed by atoms with van der Waals surface area (Å²) in [6.45, 7) is 0.379. The van der Waals surface area contributed by atoms with Gasteiger partial charge in [0.1, 0.15) is 5.82 Å². The molecule has 3 heterocycles. The topological polar surface area (TPSA) is 94.0 Å². The van der Waals surface area contributed by atoms with Gasteiger partial charge in [-0.15, -0.1) is 15.3 Å². The van der Waals surface area contributed by atoms with Gasteiger partial charge in [0.25, 0.3) is 5.82 Å². The van der Waals surface area contributed by atoms with Crippen molar-refractivity contribution in [3.63, 3.8) is 0 Å². The van der Waals surface area contributed by atoms with Gasteiger partial charge in [-0.3, -0.25) is 0 Å². The van der Waals surface area contributed by atoms with Crippen LogP contribution in [0.4, 0.5) is 19.0 Å². The Labute approximate surface area is 115 Å². The summed E-state index contributed by atoms with van der Waals surface area (Å²) >= 11 is 0. The molecule has 0 spiro atoms. The Balaban J connectivity index is 1.77. The quantitative estimate of drug-likeness (QED) is 0.773. The molecule has 0 unspecified atom stereocenters. The van der Waals surface area contributed by atoms with Gasteiger partial charge in [0, 0.05) is 13.0 Å². The smallest absolute Gasteiger partial charge is 0.368 e. The fraction of sp³-hybridized carbons (Fsp3) is 0.300. The van der Waals surface area contributed by atoms with E-state index in [9.17, 15) is 13.2 Å². The molecule has 0 bridgehead atoms. The van der Waals surface area contributed by atoms with Crippen LogP contribution in [0.25, 0.3) is 5.65 Å². The molecular weight excluding hydrogens is 291 g/mol. The summed E-state index contributed by atoms with van der Waals surface area (Å²) in [7, 11) is 0. The van der Waals surface area contributed by atoms with Crippen molar-refractivity contribution < 1.29 is 17.7 Å². The van der Waals surface area contributed by atoms with Crippen LogP contribution in [-0.2, 0) is 12.6 Å². The molecule has 0 amide bonds. The van der Waals surface area contributed by atoms with Gasteiger partial charge >= 0.3 is 6.18 Å². The Morgan fingerprint density at radius 1 is 1.24 bits per heavy atom. The summed E-state index contributed by atoms with van der Waals surface area (Å²) in [4.78, 5) is 3.82. The van der Waals surface area contributed by atoms with Crippen LogP contribution in [0.5, 0.6) is 0 Å². The Bertz CT molecular complexity index is 737. The van der Waals surface area contributed by atoms with E-state index in [1.54, 1.807) is 0 Å². The van der Waals surface area contributed by atoms with E-state index in [1.165, 1.54) is 18.5 Å². The number of anilines is 1. The maximum absolute atomic E-state index is 12.7. The number of nitrogens with zero attached hydrogens (tertiary/aromatic N) is 6. The van der Waals surface area contributed by atoms with Crippen molar-refractivity contribution in [2.24, 2.45) is 0 Å². The third kappa shape index (κ3) is 2.75. The van der Waals surface area contributed by atoms with Gasteiger partial charge in [-0.1, -0.05) is 5.16 Å². The Hall–Kier alpha value is -2.72. The largest absolute Gasteiger partial charge is 0.453 e. The lowest BCUT2D eigenvalue weighted by Gasteiger charge is -2.06. The SMILES string of the molecule is FC(F)(F)c1nnc2ccc(NCCc3ncno3)nn12. The number of rotatable bonds is 4. The molecule has 0 saturated heterocycles. The molecule has 3 aromatic heterocycles. The predicted octanol–water partition coefficient (Wildman–Crippen LogP) is 1.18. The minimum absolute atomic E-state index is 0.0183. The molecule has 0 aromatic carbocycles. The average Bonchev–Trinajstić information content (AvgIpc) is 3.05. The van der Waals surface area contributed by atoms with Crippen molar-refractivity contribution in [2.45, 2.75) is 12.6 Å². The van der Waals surface area contributed by atoms with E-state index in [-0.39, 0.29) is 11.5 Å². The van der Waals surface area contributed by atoms with Crippen LogP contribution in [0.15, 0.2) is 23.0 Å². The predicted molar refractivity (Wildman–Crippen MR) is 62.3 cm³/mol. The van der Waals surface area contributed by atoms with Crippen molar-refractivity contribution in [1.29, 1.82) is 0 Å². The van der Waals surface area contributed by atoms with Gasteiger partial charge in [-0.25, -0.2) is 0 Å². The zero-order valence-corrected chi connectivity index (χ0v) is 10.4. The number of hydrogen-bond acceptors (Lipinski definition) is 7. The third-order valence-electron chi connectivity index (χ3n) is 2.57. The van der Waals surface area contributed by atoms with E-state index in [0.717, 1.165) is 0 Å². The first kappa shape index (κ1) is 13.3. The molecule has 1 N–H and O–H groups in total. The number of fused-ring (bicyclic) bond motifs is 1. The summed E-state index contributed by atoms with van der Waals surface area (Å²) in [6, 6.07) is 2.91. The minimum Gasteiger partial charge on any atom is -0.368 e. The number of aromatic nitrogens is 6. The van der Waals surface area contributed by atoms with Crippen molar-refractivity contribution in [2.75, 3.05) is 11.9 Å². The van der Waals surface area contributed by atoms with Gasteiger partial charge < -0.3 is 9.84 Å². The van der Waals surface area contributed by atoms with E-state index in [2.05, 4.69) is 30.8 Å². The van der Waals surface area contributed by atoms with E-state index in [1.807, 2.05) is 0 Å². The number of hydrogen-bond donors (Lipinski definition) is 1. The number of halogens is 3. The van der Waals surface area contributed by atoms with Crippen LogP contribution >= 0.6 is 0 Å². The van der Waals surface area contributed by atoms with E-state index in [0.29, 0.717) is 23.4 Å². The standard InChI is InChI=1S/C10H8F3N7O/c11-10(12,13)9-18-17-7-2-1-6(19-20(7)9)14-4-3-8-15-5-16-21-8/h1-2,5H,3-4H2,(H,14,19). The molecular formula is C10H8F3N7O. The molecule has 21 heavy (non-hydrogen) atoms. The van der Waals surface area contributed by atoms with E-state index >= 15 is 0 Å². The van der Waals surface area contributed by atoms with E-state index in [4.69, 9.17) is 4.52 Å². The van der Waals surface area contributed by atoms with Crippen molar-refractivity contribution in [1.82, 2.24) is 30.0 Å². The van der Waals surface area contributed by atoms with Gasteiger partial charge in [0.05, 0.1) is 0 Å². The summed E-state index contributed by atoms with van der Waals surface area (Å²) in [5.74, 6) is -0.491. The molecule has 0 aliphatic carbocycles. The van der Waals surface area contributed by atoms with Gasteiger partial charge in [-0.05, 0) is 12.1 Å². The summed E-state index contributed by atoms with van der Waals surface area (Å²) < 4.78 is 43.6. The first-order valence-corrected chi connectivity index (χ1v) is 5.83. The maximum Gasteiger partial charge on any atom is 0.453 e. The molecule has 3 rings (SSSR count). The van der Waals surface area contributed by atoms with Crippen molar-refractivity contribution in [3.05, 3.63) is 30.2 Å². The molecule has 110 valence electrons. The van der Waals surface area contributed by atoms with Gasteiger partial charge in [0.15, 0.2) is 12.0 Å². The monoisotopic (exact) mass is 299 g/mol. The van der Waals surface area contributed by atoms with Gasteiger partial charge in [-0.2, -0.15) is 22.7 Å². The minimum atomic E-state index is -4.62. The van der Waals surface area contributed by atoms with Crippen LogP contribution in [-0.4, -0.2) is 36.5 Å². The maximum atomic E-state index is 12.7. The first-order valence-electron chi connectivity index (χ1n) is 5.83. The molecule has 0 aliphatic rings. The molecule has 11 heteroatoms. The highest BCUT2D eigenvalue weighted by atomic mass is 19.4. The highest BCUT2D eigenvalue weighted by Crippen LogP contribution is 2.27. The Morgan fingerprint density at radius 3 is 2.81 bits per heavy atom. The molecule has 0 atom stereocenters. The molecule has 8 nitrogen and oxygen atoms in total. The molecule has 0 radical (unpaired) electrons. The van der Waals surface area contributed by atoms with Crippen LogP contribution in [0.1, 0.15) is 11.7 Å². The zero-order valence-electron chi connectivity index (χ0n) is 10.4. The molecule has 0 fully saturated rings. The van der Waals surface area contributed by atoms with Crippen LogP contribution in [0.2, 0.25) is 0 Å². The lowest BCUT2D eigenvalue weighted by molar-refractivity contribution is -0.146. The van der Waals surface area contributed by atoms with Crippen LogP contribution < -0.4 is 5.32 Å². The third-order valence-corrected chi connectivity index (χ3v) is 2.57. The molecule has 0 saturated carbocycles. The number of nitrogens with one attached hydrogen (secondary N) is 1. The van der Waals surface area contributed by atoms with Gasteiger partial charge in [0.2, 0.25) is 5.89 Å². The molecule has 3 aromatic rings. The summed E-state index contributed by atoms with van der Waals surface area (Å²) in [6.07, 6.45) is -2.92. The van der Waals surface area contributed by atoms with Crippen molar-refractivity contribution in [3.8, 4) is 0 Å². The summed E-state index contributed by atoms with van der Waals surface area (Å²) in [5, 5.41) is 16.6. The average molecular weight is 299 g/mol. The first-order chi connectivity index (χ1) is 10.0. The fourth-order valence-electron chi connectivity index (χ4n) is 1.66. The second-order valence-corrected chi connectivity index (χ2v) is 4.02. The van der Waals surface area contributed by atoms with Crippen molar-refractivity contribution >= 4 is 11.5 Å². The second-order valence-electron chi connectivity index (χ2n) is 4.02. The van der Waals surface area contributed by atoms with Crippen LogP contribution in [0.3, 0.4) is 0 Å². The second kappa shape index (κ2) is 5.00. The van der Waals surface area contributed by atoms with Crippen LogP contribution in [0, 0.1) is 0 Å². The fourth-order valence-corrected chi connectivity index (χ4v) is 1.66. The summed E-state index contributed by atoms with van der Waals surface area (Å²) in [5.41, 5.74) is 0.0183. The lowest BCUT2D eigenvalue weighted by Crippen LogP contribution is -2.14. The lowest BCUT2D eigenvalue weighted by atomic mass is 10.4. The Kier molecular flexibility index (Phi) is 3.16. The Morgan fingerprint density at radius 2 is 2.10 bits per heavy atom. The van der Waals surface area contributed by atoms with E-state index < -0.39 is 12.0 Å². The zero-order chi connectivity index (χ0) is 14.9. The number of alkyl halides is 3. The highest BCUT2D eigenvalue weighted by molar-refractivity contribution is 5.44. The highest BCUT2D eigenvalue weighted by Gasteiger charge is 2.37. The molecule has 0 aliphatic heterocycles.